The Kier molecular flexibility index (Phi) is 3.07. The smallest absolute Gasteiger partial charge is 1.00 e. The Bertz CT molecular complexity index is 287. The number of hydrogen-bond acceptors (Lipinski definition) is 2. The van der Waals surface area contributed by atoms with E-state index in [-0.39, 0.29) is 12.0 Å². The SMILES string of the molecule is CC([TeH])c1ccc([N+](=O)[O-])cc1.[H+]. The van der Waals surface area contributed by atoms with E-state index in [1.165, 1.54) is 0 Å². The van der Waals surface area contributed by atoms with E-state index in [4.69, 9.17) is 0 Å². The van der Waals surface area contributed by atoms with Crippen LogP contribution in [0.4, 0.5) is 5.69 Å². The molecule has 1 rings (SSSR count). The van der Waals surface area contributed by atoms with Crippen molar-refractivity contribution < 1.29 is 6.35 Å². The summed E-state index contributed by atoms with van der Waals surface area (Å²) in [6.45, 7) is 2.08. The Morgan fingerprint density at radius 3 is 2.33 bits per heavy atom. The molecule has 0 radical (unpaired) electrons. The molecule has 1 atom stereocenters. The molecule has 0 saturated carbocycles. The van der Waals surface area contributed by atoms with Crippen molar-refractivity contribution in [2.45, 2.75) is 10.9 Å². The molecule has 4 heteroatoms. The molecular formula is C8H10NO2Te+. The van der Waals surface area contributed by atoms with Crippen molar-refractivity contribution in [3.05, 3.63) is 39.9 Å². The second kappa shape index (κ2) is 3.88. The van der Waals surface area contributed by atoms with E-state index in [0.717, 1.165) is 5.56 Å². The van der Waals surface area contributed by atoms with Crippen molar-refractivity contribution in [3.63, 3.8) is 0 Å². The van der Waals surface area contributed by atoms with Crippen molar-refractivity contribution >= 4 is 28.0 Å². The maximum Gasteiger partial charge on any atom is 1.00 e. The largest absolute Gasteiger partial charge is 1.00 e. The summed E-state index contributed by atoms with van der Waals surface area (Å²) in [7, 11) is 0. The molecule has 0 saturated heterocycles. The molecule has 0 aromatic heterocycles. The third-order valence-electron chi connectivity index (χ3n) is 1.59. The van der Waals surface area contributed by atoms with Crippen LogP contribution in [0.25, 0.3) is 0 Å². The van der Waals surface area contributed by atoms with Crippen LogP contribution in [0.1, 0.15) is 17.9 Å². The third-order valence-corrected chi connectivity index (χ3v) is 2.44. The van der Waals surface area contributed by atoms with Crippen molar-refractivity contribution in [1.29, 1.82) is 0 Å². The Hall–Kier alpha value is -0.590. The topological polar surface area (TPSA) is 43.1 Å². The number of non-ortho nitro benzene ring substituents is 1. The number of nitrogens with zero attached hydrogens (tertiary/aromatic N) is 1. The molecule has 0 heterocycles. The van der Waals surface area contributed by atoms with Crippen molar-refractivity contribution in [2.24, 2.45) is 0 Å². The van der Waals surface area contributed by atoms with Crippen LogP contribution in [0.5, 0.6) is 0 Å². The average Bonchev–Trinajstić information content (AvgIpc) is 2.04. The minimum atomic E-state index is -0.381. The quantitative estimate of drug-likeness (QED) is 0.470. The van der Waals surface area contributed by atoms with Crippen LogP contribution in [0.3, 0.4) is 0 Å². The van der Waals surface area contributed by atoms with E-state index in [1.54, 1.807) is 46.6 Å². The van der Waals surface area contributed by atoms with Crippen LogP contribution in [0.2, 0.25) is 0 Å². The maximum absolute atomic E-state index is 10.3. The molecule has 3 nitrogen and oxygen atoms in total. The molecule has 0 N–H and O–H groups in total. The van der Waals surface area contributed by atoms with E-state index in [2.05, 4.69) is 6.92 Å². The van der Waals surface area contributed by atoms with Gasteiger partial charge in [-0.1, -0.05) is 0 Å². The first-order valence-electron chi connectivity index (χ1n) is 3.53. The van der Waals surface area contributed by atoms with Gasteiger partial charge in [0.1, 0.15) is 0 Å². The predicted molar refractivity (Wildman–Crippen MR) is 49.8 cm³/mol. The van der Waals surface area contributed by atoms with E-state index < -0.39 is 0 Å². The van der Waals surface area contributed by atoms with Crippen molar-refractivity contribution in [2.75, 3.05) is 0 Å². The zero-order valence-electron chi connectivity index (χ0n) is 7.60. The van der Waals surface area contributed by atoms with Gasteiger partial charge in [0.05, 0.1) is 0 Å². The van der Waals surface area contributed by atoms with Gasteiger partial charge in [0.15, 0.2) is 0 Å². The summed E-state index contributed by atoms with van der Waals surface area (Å²) in [5.41, 5.74) is 1.31. The minimum absolute atomic E-state index is 0. The zero-order chi connectivity index (χ0) is 9.14. The van der Waals surface area contributed by atoms with Gasteiger partial charge in [-0.2, -0.15) is 0 Å². The summed E-state index contributed by atoms with van der Waals surface area (Å²) in [6.07, 6.45) is 0. The van der Waals surface area contributed by atoms with Crippen molar-refractivity contribution in [1.82, 2.24) is 0 Å². The number of hydrogen-bond donors (Lipinski definition) is 0. The Labute approximate surface area is 85.3 Å². The van der Waals surface area contributed by atoms with Gasteiger partial charge in [0.2, 0.25) is 0 Å². The van der Waals surface area contributed by atoms with Crippen LogP contribution in [-0.2, 0) is 0 Å². The summed E-state index contributed by atoms with van der Waals surface area (Å²) in [6, 6.07) is 6.70. The molecule has 0 bridgehead atoms. The summed E-state index contributed by atoms with van der Waals surface area (Å²) < 4.78 is 0.472. The number of benzene rings is 1. The molecule has 12 heavy (non-hydrogen) atoms. The zero-order valence-corrected chi connectivity index (χ0v) is 9.15. The number of nitro benzene ring substituents is 1. The van der Waals surface area contributed by atoms with Gasteiger partial charge in [-0.05, 0) is 0 Å². The maximum atomic E-state index is 10.3. The van der Waals surface area contributed by atoms with Gasteiger partial charge in [0.25, 0.3) is 0 Å². The van der Waals surface area contributed by atoms with Gasteiger partial charge in [0, 0.05) is 0 Å². The molecule has 1 aromatic rings. The molecule has 0 fully saturated rings. The average molecular weight is 280 g/mol. The van der Waals surface area contributed by atoms with Crippen LogP contribution in [0, 0.1) is 10.1 Å². The molecule has 0 spiro atoms. The molecule has 0 aliphatic rings. The third kappa shape index (κ3) is 2.20. The van der Waals surface area contributed by atoms with Gasteiger partial charge in [-0.3, -0.25) is 0 Å². The van der Waals surface area contributed by atoms with E-state index in [9.17, 15) is 10.1 Å². The molecule has 1 unspecified atom stereocenters. The fraction of sp³-hybridized carbons (Fsp3) is 0.250. The molecule has 0 aliphatic heterocycles. The first kappa shape index (κ1) is 9.50. The standard InChI is InChI=1S/C8H9NO2Te/c1-6(12)7-2-4-8(5-3-7)9(10)11/h2-6,12H,1H3/p+1. The number of rotatable bonds is 2. The summed E-state index contributed by atoms with van der Waals surface area (Å²) >= 11 is 1.71. The summed E-state index contributed by atoms with van der Waals surface area (Å²) in [4.78, 5) is 9.91. The van der Waals surface area contributed by atoms with Crippen LogP contribution >= 0.6 is 0 Å². The second-order valence-corrected chi connectivity index (χ2v) is 4.74. The minimum Gasteiger partial charge on any atom is 1.00 e. The van der Waals surface area contributed by atoms with Gasteiger partial charge < -0.3 is 0 Å². The summed E-state index contributed by atoms with van der Waals surface area (Å²) in [5.74, 6) is 0. The fourth-order valence-corrected chi connectivity index (χ4v) is 1.37. The van der Waals surface area contributed by atoms with E-state index in [1.807, 2.05) is 0 Å². The van der Waals surface area contributed by atoms with Gasteiger partial charge in [-0.15, -0.1) is 0 Å². The fourth-order valence-electron chi connectivity index (χ4n) is 0.875. The number of nitro groups is 1. The van der Waals surface area contributed by atoms with E-state index >= 15 is 0 Å². The Morgan fingerprint density at radius 1 is 1.50 bits per heavy atom. The van der Waals surface area contributed by atoms with Crippen LogP contribution < -0.4 is 0 Å². The van der Waals surface area contributed by atoms with Gasteiger partial charge in [-0.25, -0.2) is 0 Å². The normalized spacial score (nSPS) is 12.5. The molecule has 0 aliphatic carbocycles. The first-order valence-corrected chi connectivity index (χ1v) is 5.01. The molecule has 64 valence electrons. The molecular weight excluding hydrogens is 270 g/mol. The summed E-state index contributed by atoms with van der Waals surface area (Å²) in [5, 5.41) is 10.3. The molecule has 0 amide bonds. The Balaban J connectivity index is 0.00000144. The second-order valence-electron chi connectivity index (χ2n) is 2.52. The predicted octanol–water partition coefficient (Wildman–Crippen LogP) is 1.67. The Morgan fingerprint density at radius 2 is 2.00 bits per heavy atom. The van der Waals surface area contributed by atoms with Crippen LogP contribution in [-0.4, -0.2) is 27.2 Å². The molecule has 1 aromatic carbocycles. The van der Waals surface area contributed by atoms with E-state index in [0.29, 0.717) is 3.97 Å². The van der Waals surface area contributed by atoms with Crippen molar-refractivity contribution in [3.8, 4) is 0 Å². The first-order chi connectivity index (χ1) is 5.61. The monoisotopic (exact) mass is 282 g/mol. The van der Waals surface area contributed by atoms with Gasteiger partial charge >= 0.3 is 85.2 Å². The van der Waals surface area contributed by atoms with Crippen LogP contribution in [0.15, 0.2) is 24.3 Å².